The molecule has 0 atom stereocenters. The van der Waals surface area contributed by atoms with Crippen molar-refractivity contribution in [2.45, 2.75) is 6.92 Å². The van der Waals surface area contributed by atoms with Gasteiger partial charge in [0.25, 0.3) is 5.85 Å². The topological polar surface area (TPSA) is 26.3 Å². The molecule has 0 aromatic carbocycles. The maximum absolute atomic E-state index is 10.6. The second-order valence-electron chi connectivity index (χ2n) is 1.37. The quantitative estimate of drug-likeness (QED) is 0.538. The highest BCUT2D eigenvalue weighted by Crippen LogP contribution is 2.59. The van der Waals surface area contributed by atoms with Crippen molar-refractivity contribution in [2.75, 3.05) is 6.61 Å². The SMILES string of the molecule is CCO/C(Cl)=C\P(=O)(Cl)Cl. The summed E-state index contributed by atoms with van der Waals surface area (Å²) in [5.74, 6) is -2.24. The Bertz CT molecular complexity index is 173. The van der Waals surface area contributed by atoms with Crippen LogP contribution < -0.4 is 0 Å². The van der Waals surface area contributed by atoms with E-state index in [1.165, 1.54) is 0 Å². The van der Waals surface area contributed by atoms with Crippen molar-refractivity contribution in [1.82, 2.24) is 0 Å². The number of ether oxygens (including phenoxy) is 1. The minimum atomic E-state index is -3.23. The largest absolute Gasteiger partial charge is 0.483 e. The molecule has 0 aliphatic carbocycles. The van der Waals surface area contributed by atoms with Gasteiger partial charge in [0.05, 0.1) is 12.4 Å². The molecule has 2 nitrogen and oxygen atoms in total. The number of rotatable bonds is 3. The second kappa shape index (κ2) is 4.50. The third kappa shape index (κ3) is 6.76. The van der Waals surface area contributed by atoms with E-state index in [1.54, 1.807) is 6.92 Å². The minimum Gasteiger partial charge on any atom is -0.483 e. The Hall–Kier alpha value is 0.640. The smallest absolute Gasteiger partial charge is 0.279 e. The summed E-state index contributed by atoms with van der Waals surface area (Å²) in [4.78, 5) is 0. The summed E-state index contributed by atoms with van der Waals surface area (Å²) >= 11 is 15.7. The van der Waals surface area contributed by atoms with Gasteiger partial charge in [-0.15, -0.1) is 0 Å². The Morgan fingerprint density at radius 3 is 2.50 bits per heavy atom. The molecule has 0 aliphatic rings. The number of halogens is 3. The molecular formula is C4H6Cl3O2P. The van der Waals surface area contributed by atoms with E-state index in [0.29, 0.717) is 6.61 Å². The van der Waals surface area contributed by atoms with E-state index in [4.69, 9.17) is 38.8 Å². The average molecular weight is 223 g/mol. The Balaban J connectivity index is 4.04. The summed E-state index contributed by atoms with van der Waals surface area (Å²) in [5.41, 5.74) is 0. The van der Waals surface area contributed by atoms with Crippen LogP contribution in [0.15, 0.2) is 11.0 Å². The zero-order valence-corrected chi connectivity index (χ0v) is 8.34. The van der Waals surface area contributed by atoms with Crippen LogP contribution in [0.1, 0.15) is 6.92 Å². The molecule has 0 saturated heterocycles. The average Bonchev–Trinajstić information content (AvgIpc) is 1.59. The fraction of sp³-hybridized carbons (Fsp3) is 0.500. The number of hydrogen-bond donors (Lipinski definition) is 0. The zero-order chi connectivity index (χ0) is 8.20. The molecular weight excluding hydrogens is 217 g/mol. The fourth-order valence-electron chi connectivity index (χ4n) is 0.293. The molecule has 0 spiro atoms. The highest BCUT2D eigenvalue weighted by molar-refractivity contribution is 8.10. The lowest BCUT2D eigenvalue weighted by Gasteiger charge is -1.99. The summed E-state index contributed by atoms with van der Waals surface area (Å²) in [6.45, 7) is 2.13. The van der Waals surface area contributed by atoms with Crippen LogP contribution in [0.4, 0.5) is 0 Å². The second-order valence-corrected chi connectivity index (χ2v) is 6.54. The van der Waals surface area contributed by atoms with Gasteiger partial charge in [0.1, 0.15) is 0 Å². The zero-order valence-electron chi connectivity index (χ0n) is 5.18. The van der Waals surface area contributed by atoms with Crippen LogP contribution >= 0.6 is 39.9 Å². The molecule has 0 radical (unpaired) electrons. The third-order valence-electron chi connectivity index (χ3n) is 0.534. The van der Waals surface area contributed by atoms with E-state index in [0.717, 1.165) is 5.82 Å². The van der Waals surface area contributed by atoms with Crippen molar-refractivity contribution in [3.63, 3.8) is 0 Å². The highest BCUT2D eigenvalue weighted by Gasteiger charge is 2.10. The fourth-order valence-corrected chi connectivity index (χ4v) is 1.96. The molecule has 0 aliphatic heterocycles. The monoisotopic (exact) mass is 222 g/mol. The lowest BCUT2D eigenvalue weighted by molar-refractivity contribution is 0.256. The molecule has 0 fully saturated rings. The van der Waals surface area contributed by atoms with E-state index in [-0.39, 0.29) is 5.22 Å². The van der Waals surface area contributed by atoms with Gasteiger partial charge in [0.2, 0.25) is 0 Å². The van der Waals surface area contributed by atoms with E-state index >= 15 is 0 Å². The molecule has 10 heavy (non-hydrogen) atoms. The Labute approximate surface area is 74.0 Å². The molecule has 0 aromatic rings. The van der Waals surface area contributed by atoms with Gasteiger partial charge in [-0.2, -0.15) is 0 Å². The van der Waals surface area contributed by atoms with Crippen molar-refractivity contribution in [1.29, 1.82) is 0 Å². The molecule has 0 N–H and O–H groups in total. The standard InChI is InChI=1S/C4H6Cl3O2P/c1-2-9-4(5)3-10(6,7)8/h3H,2H2,1H3/b4-3-. The predicted molar refractivity (Wildman–Crippen MR) is 44.9 cm³/mol. The first-order valence-corrected chi connectivity index (χ1v) is 6.42. The summed E-state index contributed by atoms with van der Waals surface area (Å²) in [7, 11) is 0. The van der Waals surface area contributed by atoms with Gasteiger partial charge in [0.15, 0.2) is 5.22 Å². The Morgan fingerprint density at radius 1 is 1.70 bits per heavy atom. The molecule has 0 rings (SSSR count). The Kier molecular flexibility index (Phi) is 4.79. The van der Waals surface area contributed by atoms with Crippen LogP contribution in [0.2, 0.25) is 0 Å². The van der Waals surface area contributed by atoms with Gasteiger partial charge in [0, 0.05) is 0 Å². The number of hydrogen-bond acceptors (Lipinski definition) is 2. The minimum absolute atomic E-state index is 0.0316. The van der Waals surface area contributed by atoms with E-state index in [9.17, 15) is 4.57 Å². The third-order valence-corrected chi connectivity index (χ3v) is 2.03. The molecule has 0 unspecified atom stereocenters. The van der Waals surface area contributed by atoms with Crippen molar-refractivity contribution in [2.24, 2.45) is 0 Å². The molecule has 0 aromatic heterocycles. The summed E-state index contributed by atoms with van der Waals surface area (Å²) in [6.07, 6.45) is 0. The van der Waals surface area contributed by atoms with Crippen LogP contribution in [-0.2, 0) is 9.30 Å². The summed E-state index contributed by atoms with van der Waals surface area (Å²) in [5, 5.41) is -0.0316. The maximum Gasteiger partial charge on any atom is 0.279 e. The highest BCUT2D eigenvalue weighted by atomic mass is 35.9. The van der Waals surface area contributed by atoms with E-state index in [1.807, 2.05) is 0 Å². The molecule has 0 amide bonds. The van der Waals surface area contributed by atoms with Crippen molar-refractivity contribution in [3.05, 3.63) is 11.0 Å². The van der Waals surface area contributed by atoms with Crippen molar-refractivity contribution >= 4 is 39.9 Å². The molecule has 0 saturated carbocycles. The molecule has 60 valence electrons. The molecule has 0 heterocycles. The van der Waals surface area contributed by atoms with Gasteiger partial charge in [-0.1, -0.05) is 0 Å². The molecule has 6 heteroatoms. The van der Waals surface area contributed by atoms with Gasteiger partial charge in [-0.25, -0.2) is 0 Å². The summed E-state index contributed by atoms with van der Waals surface area (Å²) in [6, 6.07) is 0. The first-order valence-electron chi connectivity index (χ1n) is 2.46. The van der Waals surface area contributed by atoms with Crippen LogP contribution in [0.25, 0.3) is 0 Å². The molecule has 0 bridgehead atoms. The maximum atomic E-state index is 10.6. The van der Waals surface area contributed by atoms with Crippen LogP contribution in [0.3, 0.4) is 0 Å². The van der Waals surface area contributed by atoms with Crippen LogP contribution in [-0.4, -0.2) is 6.61 Å². The lowest BCUT2D eigenvalue weighted by Crippen LogP contribution is -1.81. The normalized spacial score (nSPS) is 13.4. The van der Waals surface area contributed by atoms with Gasteiger partial charge in [-0.3, -0.25) is 4.57 Å². The van der Waals surface area contributed by atoms with Crippen LogP contribution in [0.5, 0.6) is 0 Å². The first-order chi connectivity index (χ1) is 4.45. The van der Waals surface area contributed by atoms with Crippen molar-refractivity contribution < 1.29 is 9.30 Å². The van der Waals surface area contributed by atoms with E-state index in [2.05, 4.69) is 0 Å². The van der Waals surface area contributed by atoms with Gasteiger partial charge >= 0.3 is 0 Å². The predicted octanol–water partition coefficient (Wildman–Crippen LogP) is 3.73. The van der Waals surface area contributed by atoms with E-state index < -0.39 is 5.85 Å². The Morgan fingerprint density at radius 2 is 2.20 bits per heavy atom. The first kappa shape index (κ1) is 10.6. The summed E-state index contributed by atoms with van der Waals surface area (Å²) < 4.78 is 15.3. The van der Waals surface area contributed by atoms with Gasteiger partial charge < -0.3 is 4.74 Å². The van der Waals surface area contributed by atoms with Crippen LogP contribution in [0, 0.1) is 0 Å². The van der Waals surface area contributed by atoms with Gasteiger partial charge in [-0.05, 0) is 41.0 Å². The lowest BCUT2D eigenvalue weighted by atomic mass is 10.9. The van der Waals surface area contributed by atoms with Crippen molar-refractivity contribution in [3.8, 4) is 0 Å².